The van der Waals surface area contributed by atoms with Crippen molar-refractivity contribution >= 4 is 27.3 Å². The fourth-order valence-corrected chi connectivity index (χ4v) is 3.50. The van der Waals surface area contributed by atoms with Gasteiger partial charge in [-0.05, 0) is 19.1 Å². The number of hydrogen-bond donors (Lipinski definition) is 1. The fourth-order valence-electron chi connectivity index (χ4n) is 1.83. The number of aromatic nitrogens is 3. The van der Waals surface area contributed by atoms with E-state index in [1.807, 2.05) is 0 Å². The van der Waals surface area contributed by atoms with E-state index in [9.17, 15) is 18.5 Å². The summed E-state index contributed by atoms with van der Waals surface area (Å²) in [4.78, 5) is 13.5. The molecule has 118 valence electrons. The summed E-state index contributed by atoms with van der Waals surface area (Å²) in [5.74, 6) is 0. The van der Waals surface area contributed by atoms with E-state index < -0.39 is 31.6 Å². The summed E-state index contributed by atoms with van der Waals surface area (Å²) in [6, 6.07) is 2.81. The van der Waals surface area contributed by atoms with E-state index in [0.29, 0.717) is 0 Å². The van der Waals surface area contributed by atoms with Crippen LogP contribution in [0.4, 0.5) is 5.69 Å². The van der Waals surface area contributed by atoms with E-state index in [4.69, 9.17) is 11.6 Å². The van der Waals surface area contributed by atoms with Crippen molar-refractivity contribution in [1.29, 1.82) is 0 Å². The molecule has 9 nitrogen and oxygen atoms in total. The van der Waals surface area contributed by atoms with Gasteiger partial charge >= 0.3 is 0 Å². The molecule has 1 N–H and O–H groups in total. The molecule has 1 heterocycles. The van der Waals surface area contributed by atoms with Gasteiger partial charge in [0.25, 0.3) is 5.69 Å². The van der Waals surface area contributed by atoms with Crippen LogP contribution in [0.3, 0.4) is 0 Å². The van der Waals surface area contributed by atoms with E-state index in [1.165, 1.54) is 23.4 Å². The average Bonchev–Trinajstić information content (AvgIpc) is 2.90. The van der Waals surface area contributed by atoms with Crippen LogP contribution in [0.15, 0.2) is 35.7 Å². The molecule has 0 saturated carbocycles. The van der Waals surface area contributed by atoms with E-state index >= 15 is 0 Å². The Labute approximate surface area is 131 Å². The van der Waals surface area contributed by atoms with Crippen LogP contribution in [-0.2, 0) is 16.6 Å². The van der Waals surface area contributed by atoms with Gasteiger partial charge in [0, 0.05) is 17.1 Å². The largest absolute Gasteiger partial charge is 0.289 e. The topological polar surface area (TPSA) is 120 Å². The molecule has 0 spiro atoms. The van der Waals surface area contributed by atoms with Crippen molar-refractivity contribution in [2.45, 2.75) is 24.4 Å². The second kappa shape index (κ2) is 6.38. The molecule has 0 amide bonds. The molecule has 11 heteroatoms. The van der Waals surface area contributed by atoms with Crippen LogP contribution in [-0.4, -0.2) is 34.1 Å². The molecule has 0 aliphatic heterocycles. The van der Waals surface area contributed by atoms with Crippen molar-refractivity contribution in [2.75, 3.05) is 0 Å². The first-order valence-corrected chi connectivity index (χ1v) is 7.94. The summed E-state index contributed by atoms with van der Waals surface area (Å²) < 4.78 is 28.5. The Balaban J connectivity index is 2.26. The summed E-state index contributed by atoms with van der Waals surface area (Å²) in [7, 11) is -4.10. The van der Waals surface area contributed by atoms with Gasteiger partial charge in [0.2, 0.25) is 10.0 Å². The monoisotopic (exact) mass is 345 g/mol. The highest BCUT2D eigenvalue weighted by Crippen LogP contribution is 2.27. The van der Waals surface area contributed by atoms with Gasteiger partial charge in [0.15, 0.2) is 4.90 Å². The van der Waals surface area contributed by atoms with Crippen LogP contribution in [0.25, 0.3) is 0 Å². The van der Waals surface area contributed by atoms with Gasteiger partial charge in [-0.15, -0.1) is 0 Å². The molecule has 1 aromatic heterocycles. The maximum Gasteiger partial charge on any atom is 0.289 e. The average molecular weight is 346 g/mol. The minimum absolute atomic E-state index is 0.0925. The minimum Gasteiger partial charge on any atom is -0.258 e. The van der Waals surface area contributed by atoms with Gasteiger partial charge in [-0.3, -0.25) is 14.8 Å². The number of sulfonamides is 1. The Morgan fingerprint density at radius 1 is 1.50 bits per heavy atom. The molecule has 0 aliphatic carbocycles. The fraction of sp³-hybridized carbons (Fsp3) is 0.273. The Kier molecular flexibility index (Phi) is 4.74. The lowest BCUT2D eigenvalue weighted by Gasteiger charge is -2.14. The van der Waals surface area contributed by atoms with Gasteiger partial charge in [-0.25, -0.2) is 18.1 Å². The van der Waals surface area contributed by atoms with Crippen LogP contribution in [0.5, 0.6) is 0 Å². The summed E-state index contributed by atoms with van der Waals surface area (Å²) in [5, 5.41) is 14.9. The maximum absolute atomic E-state index is 12.3. The molecular formula is C11H12ClN5O4S. The molecule has 2 aromatic rings. The van der Waals surface area contributed by atoms with Crippen LogP contribution in [0, 0.1) is 10.1 Å². The second-order valence-corrected chi connectivity index (χ2v) is 6.63. The normalized spacial score (nSPS) is 13.0. The maximum atomic E-state index is 12.3. The molecule has 0 aliphatic rings. The molecule has 2 rings (SSSR count). The zero-order valence-electron chi connectivity index (χ0n) is 11.4. The Morgan fingerprint density at radius 2 is 2.23 bits per heavy atom. The summed E-state index contributed by atoms with van der Waals surface area (Å²) in [6.07, 6.45) is 2.76. The van der Waals surface area contributed by atoms with Gasteiger partial charge in [0.1, 0.15) is 12.7 Å². The molecule has 1 unspecified atom stereocenters. The predicted molar refractivity (Wildman–Crippen MR) is 77.9 cm³/mol. The first-order valence-electron chi connectivity index (χ1n) is 6.08. The summed E-state index contributed by atoms with van der Waals surface area (Å²) in [6.45, 7) is 1.84. The third kappa shape index (κ3) is 3.78. The van der Waals surface area contributed by atoms with E-state index in [1.54, 1.807) is 6.92 Å². The highest BCUT2D eigenvalue weighted by atomic mass is 35.5. The Bertz CT molecular complexity index is 778. The second-order valence-electron chi connectivity index (χ2n) is 4.51. The van der Waals surface area contributed by atoms with Gasteiger partial charge < -0.3 is 0 Å². The number of benzene rings is 1. The molecule has 0 fully saturated rings. The van der Waals surface area contributed by atoms with Gasteiger partial charge in [-0.1, -0.05) is 11.6 Å². The first-order chi connectivity index (χ1) is 10.3. The number of nitrogens with zero attached hydrogens (tertiary/aromatic N) is 4. The lowest BCUT2D eigenvalue weighted by Crippen LogP contribution is -2.36. The van der Waals surface area contributed by atoms with Crippen molar-refractivity contribution in [2.24, 2.45) is 0 Å². The number of halogens is 1. The van der Waals surface area contributed by atoms with Crippen molar-refractivity contribution < 1.29 is 13.3 Å². The van der Waals surface area contributed by atoms with Crippen molar-refractivity contribution in [3.05, 3.63) is 46.0 Å². The molecule has 1 atom stereocenters. The van der Waals surface area contributed by atoms with Crippen molar-refractivity contribution in [3.8, 4) is 0 Å². The number of nitro groups is 1. The molecule has 0 saturated heterocycles. The summed E-state index contributed by atoms with van der Waals surface area (Å²) >= 11 is 5.74. The van der Waals surface area contributed by atoms with E-state index in [0.717, 1.165) is 12.1 Å². The molecule has 0 radical (unpaired) electrons. The van der Waals surface area contributed by atoms with Crippen LogP contribution in [0.2, 0.25) is 5.02 Å². The molecule has 0 bridgehead atoms. The van der Waals surface area contributed by atoms with Gasteiger partial charge in [0.05, 0.1) is 11.5 Å². The smallest absolute Gasteiger partial charge is 0.258 e. The van der Waals surface area contributed by atoms with Crippen molar-refractivity contribution in [1.82, 2.24) is 19.5 Å². The zero-order valence-corrected chi connectivity index (χ0v) is 13.0. The zero-order chi connectivity index (χ0) is 16.3. The van der Waals surface area contributed by atoms with Gasteiger partial charge in [-0.2, -0.15) is 5.10 Å². The highest BCUT2D eigenvalue weighted by molar-refractivity contribution is 7.89. The first kappa shape index (κ1) is 16.3. The third-order valence-electron chi connectivity index (χ3n) is 2.69. The lowest BCUT2D eigenvalue weighted by molar-refractivity contribution is -0.387. The number of nitro benzene ring substituents is 1. The lowest BCUT2D eigenvalue weighted by atomic mass is 10.3. The predicted octanol–water partition coefficient (Wildman–Crippen LogP) is 1.21. The molecule has 22 heavy (non-hydrogen) atoms. The van der Waals surface area contributed by atoms with Crippen LogP contribution in [0.1, 0.15) is 6.92 Å². The number of rotatable bonds is 6. The molecule has 1 aromatic carbocycles. The quantitative estimate of drug-likeness (QED) is 0.620. The number of hydrogen-bond acceptors (Lipinski definition) is 6. The van der Waals surface area contributed by atoms with E-state index in [-0.39, 0.29) is 11.6 Å². The van der Waals surface area contributed by atoms with Crippen LogP contribution < -0.4 is 4.72 Å². The minimum atomic E-state index is -4.10. The van der Waals surface area contributed by atoms with Crippen molar-refractivity contribution in [3.63, 3.8) is 0 Å². The standard InChI is InChI=1S/C11H12ClN5O4S/c1-8(5-16-7-13-6-14-16)15-22(20,21)11-4-9(12)2-3-10(11)17(18)19/h2-4,6-8,15H,5H2,1H3. The third-order valence-corrected chi connectivity index (χ3v) is 4.55. The highest BCUT2D eigenvalue weighted by Gasteiger charge is 2.27. The number of nitrogens with one attached hydrogen (secondary N) is 1. The SMILES string of the molecule is CC(Cn1cncn1)NS(=O)(=O)c1cc(Cl)ccc1[N+](=O)[O-]. The summed E-state index contributed by atoms with van der Waals surface area (Å²) in [5.41, 5.74) is -0.537. The van der Waals surface area contributed by atoms with E-state index in [2.05, 4.69) is 14.8 Å². The Morgan fingerprint density at radius 3 is 2.82 bits per heavy atom. The molecular weight excluding hydrogens is 334 g/mol. The van der Waals surface area contributed by atoms with Crippen LogP contribution >= 0.6 is 11.6 Å². The Hall–Kier alpha value is -2.04.